The Kier molecular flexibility index (Phi) is 24.8. The van der Waals surface area contributed by atoms with Crippen LogP contribution in [0.15, 0.2) is 46.1 Å². The molecule has 1 N–H and O–H groups in total. The van der Waals surface area contributed by atoms with Gasteiger partial charge in [-0.1, -0.05) is 6.58 Å². The van der Waals surface area contributed by atoms with Gasteiger partial charge in [-0.15, -0.1) is 0 Å². The van der Waals surface area contributed by atoms with Gasteiger partial charge < -0.3 is 38.3 Å². The van der Waals surface area contributed by atoms with Gasteiger partial charge in [0.2, 0.25) is 0 Å². The fraction of sp³-hybridized carbons (Fsp3) is 0.500. The van der Waals surface area contributed by atoms with E-state index in [0.717, 1.165) is 31.6 Å². The van der Waals surface area contributed by atoms with Gasteiger partial charge >= 0.3 is 1.28 Å². The Morgan fingerprint density at radius 1 is 0.878 bits per heavy atom. The maximum atomic E-state index is 8.94. The van der Waals surface area contributed by atoms with Crippen molar-refractivity contribution in [2.75, 3.05) is 28.4 Å². The van der Waals surface area contributed by atoms with Gasteiger partial charge in [-0.05, 0) is 102 Å². The van der Waals surface area contributed by atoms with E-state index in [1.807, 2.05) is 46.8 Å². The van der Waals surface area contributed by atoms with E-state index in [-0.39, 0.29) is 25.1 Å². The van der Waals surface area contributed by atoms with Crippen LogP contribution in [0.3, 0.4) is 0 Å². The molecular formula is C28H45Br2O8P2S+. The minimum absolute atomic E-state index is 0.0278. The van der Waals surface area contributed by atoms with Crippen molar-refractivity contribution in [2.45, 2.75) is 66.3 Å². The molecule has 234 valence electrons. The van der Waals surface area contributed by atoms with Crippen LogP contribution in [0.5, 0.6) is 23.0 Å². The Hall–Kier alpha value is -1.03. The lowest BCUT2D eigenvalue weighted by molar-refractivity contribution is -0.157. The molecule has 0 heterocycles. The summed E-state index contributed by atoms with van der Waals surface area (Å²) in [5.41, 5.74) is 1.73. The third-order valence-corrected chi connectivity index (χ3v) is 6.07. The van der Waals surface area contributed by atoms with Crippen LogP contribution in [0.2, 0.25) is 0 Å². The third kappa shape index (κ3) is 19.0. The molecule has 0 aliphatic carbocycles. The maximum Gasteiger partial charge on any atom is 0.355 e. The Morgan fingerprint density at radius 3 is 1.49 bits per heavy atom. The van der Waals surface area contributed by atoms with Gasteiger partial charge in [0.05, 0.1) is 69.1 Å². The highest BCUT2D eigenvalue weighted by atomic mass is 79.9. The first-order chi connectivity index (χ1) is 19.7. The average Bonchev–Trinajstić information content (AvgIpc) is 2.92. The summed E-state index contributed by atoms with van der Waals surface area (Å²) in [6.07, 6.45) is 1.62. The zero-order valence-electron chi connectivity index (χ0n) is 26.2. The second-order valence-electron chi connectivity index (χ2n) is 8.31. The van der Waals surface area contributed by atoms with E-state index < -0.39 is 6.99 Å². The number of halogens is 2. The highest BCUT2D eigenvalue weighted by molar-refractivity contribution is 9.11. The van der Waals surface area contributed by atoms with Crippen LogP contribution >= 0.6 is 47.8 Å². The minimum atomic E-state index is -0.870. The normalized spacial score (nSPS) is 11.3. The topological polar surface area (TPSA) is 84.8 Å². The van der Waals surface area contributed by atoms with Crippen LogP contribution in [-0.2, 0) is 39.2 Å². The quantitative estimate of drug-likeness (QED) is 0.131. The third-order valence-electron chi connectivity index (χ3n) is 4.51. The monoisotopic (exact) mass is 763 g/mol. The van der Waals surface area contributed by atoms with E-state index in [9.17, 15) is 0 Å². The number of ether oxygens (including phenoxy) is 7. The first kappa shape index (κ1) is 40.0. The molecule has 41 heavy (non-hydrogen) atoms. The lowest BCUT2D eigenvalue weighted by Crippen LogP contribution is -2.17. The predicted octanol–water partition coefficient (Wildman–Crippen LogP) is 8.18. The molecule has 8 nitrogen and oxygen atoms in total. The van der Waals surface area contributed by atoms with Crippen molar-refractivity contribution in [3.63, 3.8) is 0 Å². The molecular weight excluding hydrogens is 718 g/mol. The number of benzene rings is 2. The summed E-state index contributed by atoms with van der Waals surface area (Å²) in [4.78, 5) is 0. The molecule has 0 saturated carbocycles. The lowest BCUT2D eigenvalue weighted by Gasteiger charge is -2.17. The van der Waals surface area contributed by atoms with Gasteiger partial charge in [0.1, 0.15) is 31.9 Å². The van der Waals surface area contributed by atoms with Crippen LogP contribution in [0, 0.1) is 0 Å². The average molecular weight is 765 g/mol. The van der Waals surface area contributed by atoms with Crippen molar-refractivity contribution < 1.29 is 38.3 Å². The summed E-state index contributed by atoms with van der Waals surface area (Å²) in [5.74, 6) is 2.75. The Balaban J connectivity index is 0. The van der Waals surface area contributed by atoms with Gasteiger partial charge in [-0.2, -0.15) is 0 Å². The first-order valence-electron chi connectivity index (χ1n) is 12.8. The zero-order chi connectivity index (χ0) is 32.8. The van der Waals surface area contributed by atoms with Gasteiger partial charge in [0.25, 0.3) is 0 Å². The molecule has 13 heteroatoms. The van der Waals surface area contributed by atoms with E-state index >= 15 is 0 Å². The highest BCUT2D eigenvalue weighted by Gasteiger charge is 2.12. The molecule has 0 bridgehead atoms. The fourth-order valence-corrected chi connectivity index (χ4v) is 3.96. The Bertz CT molecular complexity index is 1010. The van der Waals surface area contributed by atoms with E-state index in [1.54, 1.807) is 40.6 Å². The maximum absolute atomic E-state index is 8.94. The van der Waals surface area contributed by atoms with Gasteiger partial charge in [-0.3, -0.25) is 0 Å². The molecule has 0 aromatic heterocycles. The molecule has 0 spiro atoms. The molecule has 2 rings (SSSR count). The van der Waals surface area contributed by atoms with Crippen molar-refractivity contribution in [3.8, 4) is 23.0 Å². The van der Waals surface area contributed by atoms with Crippen LogP contribution in [0.25, 0.3) is 0 Å². The number of hydrogen-bond donors (Lipinski definition) is 1. The summed E-state index contributed by atoms with van der Waals surface area (Å²) >= 11 is 11.1. The first-order valence-corrected chi connectivity index (χ1v) is 17.5. The summed E-state index contributed by atoms with van der Waals surface area (Å²) in [6, 6.07) is 7.34. The molecule has 0 amide bonds. The smallest absolute Gasteiger partial charge is 0.355 e. The van der Waals surface area contributed by atoms with Crippen molar-refractivity contribution in [3.05, 3.63) is 57.2 Å². The zero-order valence-corrected chi connectivity index (χ0v) is 31.3. The molecule has 3 unspecified atom stereocenters. The summed E-state index contributed by atoms with van der Waals surface area (Å²) in [7, 11) is 8.58. The van der Waals surface area contributed by atoms with Crippen LogP contribution in [0.4, 0.5) is 0 Å². The molecule has 3 atom stereocenters. The Morgan fingerprint density at radius 2 is 1.24 bits per heavy atom. The molecule has 0 fully saturated rings. The van der Waals surface area contributed by atoms with Crippen molar-refractivity contribution in [1.82, 2.24) is 0 Å². The standard InChI is InChI=1S/C14H21BrO4.C9H11BrO3.C5H10O.H2P2S/c1-9(2)19-10(3)18-8-11-6-12(16-4)14(15)13(7-11)17-5;1-12-7-3-6(5-11)4-8(13-2)9(7)10;1-4-6-5(2)3;1-2-3/h6-7,9-10H,8H2,1-5H3;3-4,11H,5H2,1-2H3;4-5H,1H2,2-3H3;1H2/p+1/i/hT. The van der Waals surface area contributed by atoms with Crippen molar-refractivity contribution >= 4 is 59.6 Å². The van der Waals surface area contributed by atoms with Crippen LogP contribution in [0.1, 0.15) is 45.7 Å². The van der Waals surface area contributed by atoms with E-state index in [1.165, 1.54) is 6.26 Å². The number of aliphatic hydroxyl groups excluding tert-OH is 1. The number of aliphatic hydroxyl groups is 1. The van der Waals surface area contributed by atoms with Crippen LogP contribution in [-0.4, -0.2) is 53.3 Å². The molecule has 0 aliphatic rings. The van der Waals surface area contributed by atoms with E-state index in [4.69, 9.17) is 39.5 Å². The fourth-order valence-electron chi connectivity index (χ4n) is 2.85. The number of rotatable bonds is 12. The predicted molar refractivity (Wildman–Crippen MR) is 183 cm³/mol. The minimum Gasteiger partial charge on any atom is -0.499 e. The molecule has 0 saturated heterocycles. The Labute approximate surface area is 272 Å². The van der Waals surface area contributed by atoms with Gasteiger partial charge in [0.15, 0.2) is 25.1 Å². The molecule has 0 radical (unpaired) electrons. The largest absolute Gasteiger partial charge is 0.499 e. The second kappa shape index (κ2) is 25.5. The molecule has 2 aromatic rings. The second-order valence-corrected chi connectivity index (χ2v) is 12.6. The van der Waals surface area contributed by atoms with Crippen molar-refractivity contribution in [1.29, 1.82) is 1.28 Å². The highest BCUT2D eigenvalue weighted by Crippen LogP contribution is 2.36. The summed E-state index contributed by atoms with van der Waals surface area (Å²) in [6.45, 7) is 12.7. The van der Waals surface area contributed by atoms with Gasteiger partial charge in [0, 0.05) is 0 Å². The number of methoxy groups -OCH3 is 4. The SMILES string of the molecule is C=COC(C)C.COc1cc(CO)cc(OC)c1Br.COc1cc(COC(C)OC(C)C)cc(OC)c1Br.[3H][P+](P)=S. The molecule has 0 aliphatic heterocycles. The van der Waals surface area contributed by atoms with E-state index in [0.29, 0.717) is 18.1 Å². The molecule has 2 aromatic carbocycles. The van der Waals surface area contributed by atoms with Gasteiger partial charge in [-0.25, -0.2) is 0 Å². The summed E-state index contributed by atoms with van der Waals surface area (Å²) in [5, 5.41) is 8.94. The lowest BCUT2D eigenvalue weighted by atomic mass is 10.2. The van der Waals surface area contributed by atoms with E-state index in [2.05, 4.69) is 59.2 Å². The van der Waals surface area contributed by atoms with Crippen molar-refractivity contribution in [2.24, 2.45) is 0 Å². The van der Waals surface area contributed by atoms with Crippen LogP contribution < -0.4 is 18.9 Å². The number of hydrogen-bond acceptors (Lipinski definition) is 9. The summed E-state index contributed by atoms with van der Waals surface area (Å²) < 4.78 is 44.7.